The van der Waals surface area contributed by atoms with E-state index >= 15 is 0 Å². The first kappa shape index (κ1) is 12.7. The van der Waals surface area contributed by atoms with Gasteiger partial charge in [0.1, 0.15) is 11.6 Å². The van der Waals surface area contributed by atoms with Gasteiger partial charge in [0.25, 0.3) is 5.91 Å². The fourth-order valence-electron chi connectivity index (χ4n) is 1.31. The highest BCUT2D eigenvalue weighted by atomic mass is 32.1. The van der Waals surface area contributed by atoms with Gasteiger partial charge in [0, 0.05) is 12.2 Å². The minimum absolute atomic E-state index is 0.185. The molecule has 0 spiro atoms. The number of carbonyl (C=O) groups excluding carboxylic acids is 1. The monoisotopic (exact) mass is 263 g/mol. The Labute approximate surface area is 109 Å². The van der Waals surface area contributed by atoms with E-state index in [-0.39, 0.29) is 5.91 Å². The van der Waals surface area contributed by atoms with Crippen molar-refractivity contribution < 1.29 is 9.53 Å². The maximum Gasteiger partial charge on any atom is 0.257 e. The Morgan fingerprint density at radius 3 is 2.83 bits per heavy atom. The van der Waals surface area contributed by atoms with Crippen molar-refractivity contribution in [3.8, 4) is 0 Å². The number of amides is 1. The van der Waals surface area contributed by atoms with Crippen LogP contribution in [0.2, 0.25) is 0 Å². The summed E-state index contributed by atoms with van der Waals surface area (Å²) in [5, 5.41) is 11.8. The summed E-state index contributed by atoms with van der Waals surface area (Å²) in [7, 11) is 0. The molecule has 6 heteroatoms. The molecule has 0 radical (unpaired) electrons. The van der Waals surface area contributed by atoms with Gasteiger partial charge in [0.05, 0.1) is 0 Å². The van der Waals surface area contributed by atoms with E-state index in [1.807, 2.05) is 25.1 Å². The molecule has 1 aromatic carbocycles. The van der Waals surface area contributed by atoms with Crippen LogP contribution in [0.25, 0.3) is 0 Å². The molecule has 1 aromatic heterocycles. The summed E-state index contributed by atoms with van der Waals surface area (Å²) in [5.74, 6) is -0.185. The van der Waals surface area contributed by atoms with Gasteiger partial charge in [-0.25, -0.2) is 0 Å². The summed E-state index contributed by atoms with van der Waals surface area (Å²) in [5.41, 5.74) is 0.596. The van der Waals surface area contributed by atoms with Gasteiger partial charge in [-0.15, -0.1) is 10.2 Å². The predicted octanol–water partition coefficient (Wildman–Crippen LogP) is 2.33. The van der Waals surface area contributed by atoms with E-state index < -0.39 is 0 Å². The van der Waals surface area contributed by atoms with Crippen LogP contribution >= 0.6 is 11.3 Å². The molecule has 0 atom stereocenters. The number of ether oxygens (including phenoxy) is 1. The number of nitrogens with one attached hydrogen (secondary N) is 1. The SMILES string of the molecule is CCOCc1nnc(NC(=O)c2ccccc2)s1. The number of carbonyl (C=O) groups is 1. The van der Waals surface area contributed by atoms with Gasteiger partial charge in [-0.2, -0.15) is 0 Å². The van der Waals surface area contributed by atoms with Gasteiger partial charge < -0.3 is 4.74 Å². The van der Waals surface area contributed by atoms with Crippen LogP contribution in [0.1, 0.15) is 22.3 Å². The molecule has 0 aliphatic carbocycles. The van der Waals surface area contributed by atoms with Gasteiger partial charge in [0.2, 0.25) is 5.13 Å². The number of hydrogen-bond acceptors (Lipinski definition) is 5. The second-order valence-corrected chi connectivity index (χ2v) is 4.52. The zero-order valence-electron chi connectivity index (χ0n) is 9.92. The molecule has 0 saturated carbocycles. The zero-order valence-corrected chi connectivity index (χ0v) is 10.7. The lowest BCUT2D eigenvalue weighted by atomic mass is 10.2. The maximum atomic E-state index is 11.8. The molecule has 0 saturated heterocycles. The molecule has 2 aromatic rings. The summed E-state index contributed by atoms with van der Waals surface area (Å²) >= 11 is 1.32. The third-order valence-corrected chi connectivity index (χ3v) is 2.97. The Morgan fingerprint density at radius 1 is 1.33 bits per heavy atom. The lowest BCUT2D eigenvalue weighted by Crippen LogP contribution is -2.11. The molecule has 0 fully saturated rings. The first-order chi connectivity index (χ1) is 8.79. The Morgan fingerprint density at radius 2 is 2.11 bits per heavy atom. The molecule has 1 amide bonds. The minimum atomic E-state index is -0.185. The highest BCUT2D eigenvalue weighted by Gasteiger charge is 2.09. The van der Waals surface area contributed by atoms with Gasteiger partial charge in [-0.1, -0.05) is 29.5 Å². The topological polar surface area (TPSA) is 64.1 Å². The first-order valence-corrected chi connectivity index (χ1v) is 6.37. The highest BCUT2D eigenvalue weighted by molar-refractivity contribution is 7.15. The number of rotatable bonds is 5. The van der Waals surface area contributed by atoms with Gasteiger partial charge >= 0.3 is 0 Å². The molecular formula is C12H13N3O2S. The Balaban J connectivity index is 1.97. The van der Waals surface area contributed by atoms with Crippen molar-refractivity contribution in [2.24, 2.45) is 0 Å². The Kier molecular flexibility index (Phi) is 4.38. The van der Waals surface area contributed by atoms with Crippen LogP contribution in [-0.4, -0.2) is 22.7 Å². The lowest BCUT2D eigenvalue weighted by molar-refractivity contribution is 0.102. The smallest absolute Gasteiger partial charge is 0.257 e. The van der Waals surface area contributed by atoms with Crippen LogP contribution in [0.5, 0.6) is 0 Å². The van der Waals surface area contributed by atoms with E-state index in [2.05, 4.69) is 15.5 Å². The number of nitrogens with zero attached hydrogens (tertiary/aromatic N) is 2. The van der Waals surface area contributed by atoms with Crippen molar-refractivity contribution in [2.45, 2.75) is 13.5 Å². The van der Waals surface area contributed by atoms with Crippen LogP contribution in [0.3, 0.4) is 0 Å². The average molecular weight is 263 g/mol. The van der Waals surface area contributed by atoms with Crippen molar-refractivity contribution in [2.75, 3.05) is 11.9 Å². The third-order valence-electron chi connectivity index (χ3n) is 2.15. The standard InChI is InChI=1S/C12H13N3O2S/c1-2-17-8-10-14-15-12(18-10)13-11(16)9-6-4-3-5-7-9/h3-7H,2,8H2,1H3,(H,13,15,16). The molecule has 94 valence electrons. The van der Waals surface area contributed by atoms with Gasteiger partial charge in [0.15, 0.2) is 0 Å². The third kappa shape index (κ3) is 3.35. The van der Waals surface area contributed by atoms with Crippen LogP contribution in [0, 0.1) is 0 Å². The van der Waals surface area contributed by atoms with Crippen molar-refractivity contribution >= 4 is 22.4 Å². The second-order valence-electron chi connectivity index (χ2n) is 3.46. The fourth-order valence-corrected chi connectivity index (χ4v) is 1.98. The van der Waals surface area contributed by atoms with Crippen LogP contribution in [0.15, 0.2) is 30.3 Å². The number of hydrogen-bond donors (Lipinski definition) is 1. The maximum absolute atomic E-state index is 11.8. The summed E-state index contributed by atoms with van der Waals surface area (Å²) in [4.78, 5) is 11.8. The zero-order chi connectivity index (χ0) is 12.8. The summed E-state index contributed by atoms with van der Waals surface area (Å²) in [6, 6.07) is 8.99. The fraction of sp³-hybridized carbons (Fsp3) is 0.250. The van der Waals surface area contributed by atoms with E-state index in [0.717, 1.165) is 5.01 Å². The van der Waals surface area contributed by atoms with Crippen LogP contribution in [-0.2, 0) is 11.3 Å². The van der Waals surface area contributed by atoms with Crippen molar-refractivity contribution in [3.05, 3.63) is 40.9 Å². The lowest BCUT2D eigenvalue weighted by Gasteiger charge is -1.99. The largest absolute Gasteiger partial charge is 0.374 e. The van der Waals surface area contributed by atoms with Crippen LogP contribution in [0.4, 0.5) is 5.13 Å². The highest BCUT2D eigenvalue weighted by Crippen LogP contribution is 2.16. The van der Waals surface area contributed by atoms with Crippen molar-refractivity contribution in [1.82, 2.24) is 10.2 Å². The summed E-state index contributed by atoms with van der Waals surface area (Å²) in [6.45, 7) is 2.97. The van der Waals surface area contributed by atoms with E-state index in [4.69, 9.17) is 4.74 Å². The molecule has 2 rings (SSSR count). The van der Waals surface area contributed by atoms with Gasteiger partial charge in [-0.3, -0.25) is 10.1 Å². The number of anilines is 1. The molecule has 0 bridgehead atoms. The van der Waals surface area contributed by atoms with E-state index in [1.165, 1.54) is 11.3 Å². The molecule has 0 aliphatic heterocycles. The minimum Gasteiger partial charge on any atom is -0.374 e. The molecule has 18 heavy (non-hydrogen) atoms. The van der Waals surface area contributed by atoms with Crippen molar-refractivity contribution in [1.29, 1.82) is 0 Å². The quantitative estimate of drug-likeness (QED) is 0.899. The molecule has 0 unspecified atom stereocenters. The summed E-state index contributed by atoms with van der Waals surface area (Å²) in [6.07, 6.45) is 0. The molecule has 1 N–H and O–H groups in total. The van der Waals surface area contributed by atoms with E-state index in [1.54, 1.807) is 12.1 Å². The Hall–Kier alpha value is -1.79. The predicted molar refractivity (Wildman–Crippen MR) is 69.6 cm³/mol. The second kappa shape index (κ2) is 6.23. The summed E-state index contributed by atoms with van der Waals surface area (Å²) < 4.78 is 5.22. The molecule has 0 aliphatic rings. The number of benzene rings is 1. The van der Waals surface area contributed by atoms with Gasteiger partial charge in [-0.05, 0) is 19.1 Å². The van der Waals surface area contributed by atoms with E-state index in [9.17, 15) is 4.79 Å². The van der Waals surface area contributed by atoms with E-state index in [0.29, 0.717) is 23.9 Å². The van der Waals surface area contributed by atoms with Crippen LogP contribution < -0.4 is 5.32 Å². The average Bonchev–Trinajstić information content (AvgIpc) is 2.85. The van der Waals surface area contributed by atoms with Crippen molar-refractivity contribution in [3.63, 3.8) is 0 Å². The number of aromatic nitrogens is 2. The molecular weight excluding hydrogens is 250 g/mol. The normalized spacial score (nSPS) is 10.3. The molecule has 5 nitrogen and oxygen atoms in total. The molecule has 1 heterocycles. The first-order valence-electron chi connectivity index (χ1n) is 5.56. The Bertz CT molecular complexity index is 513.